The van der Waals surface area contributed by atoms with Crippen LogP contribution in [-0.2, 0) is 6.54 Å². The van der Waals surface area contributed by atoms with Crippen molar-refractivity contribution in [3.8, 4) is 0 Å². The van der Waals surface area contributed by atoms with E-state index in [0.29, 0.717) is 17.6 Å². The van der Waals surface area contributed by atoms with Gasteiger partial charge in [0, 0.05) is 22.8 Å². The second-order valence-electron chi connectivity index (χ2n) is 5.12. The first-order chi connectivity index (χ1) is 10.1. The van der Waals surface area contributed by atoms with Crippen molar-refractivity contribution < 1.29 is 4.39 Å². The van der Waals surface area contributed by atoms with E-state index in [-0.39, 0.29) is 5.82 Å². The zero-order chi connectivity index (χ0) is 15.2. The molecule has 3 nitrogen and oxygen atoms in total. The summed E-state index contributed by atoms with van der Waals surface area (Å²) >= 11 is 6.05. The van der Waals surface area contributed by atoms with Crippen LogP contribution >= 0.6 is 11.6 Å². The summed E-state index contributed by atoms with van der Waals surface area (Å²) in [7, 11) is 0. The van der Waals surface area contributed by atoms with E-state index in [4.69, 9.17) is 11.6 Å². The van der Waals surface area contributed by atoms with Crippen molar-refractivity contribution in [1.82, 2.24) is 15.1 Å². The van der Waals surface area contributed by atoms with E-state index in [2.05, 4.69) is 24.3 Å². The summed E-state index contributed by atoms with van der Waals surface area (Å²) in [5.74, 6) is -0.320. The SMILES string of the molecule is CCCNC(CC)c1cnn(Cc2ccc(F)cc2Cl)c1. The van der Waals surface area contributed by atoms with Crippen LogP contribution in [0, 0.1) is 5.82 Å². The van der Waals surface area contributed by atoms with Crippen LogP contribution in [0.4, 0.5) is 4.39 Å². The van der Waals surface area contributed by atoms with Crippen molar-refractivity contribution in [3.63, 3.8) is 0 Å². The second kappa shape index (κ2) is 7.57. The molecule has 2 rings (SSSR count). The van der Waals surface area contributed by atoms with E-state index in [1.165, 1.54) is 17.7 Å². The number of nitrogens with one attached hydrogen (secondary N) is 1. The maximum absolute atomic E-state index is 13.0. The predicted octanol–water partition coefficient (Wildman–Crippen LogP) is 4.17. The van der Waals surface area contributed by atoms with E-state index in [1.54, 1.807) is 6.07 Å². The molecule has 1 aromatic carbocycles. The van der Waals surface area contributed by atoms with Gasteiger partial charge in [0.2, 0.25) is 0 Å². The van der Waals surface area contributed by atoms with Crippen LogP contribution in [0.5, 0.6) is 0 Å². The predicted molar refractivity (Wildman–Crippen MR) is 84.1 cm³/mol. The van der Waals surface area contributed by atoms with Crippen molar-refractivity contribution in [2.75, 3.05) is 6.54 Å². The minimum atomic E-state index is -0.320. The molecule has 1 atom stereocenters. The Morgan fingerprint density at radius 3 is 2.86 bits per heavy atom. The van der Waals surface area contributed by atoms with Crippen LogP contribution in [0.2, 0.25) is 5.02 Å². The molecular weight excluding hydrogens is 289 g/mol. The Bertz CT molecular complexity index is 583. The van der Waals surface area contributed by atoms with Gasteiger partial charge >= 0.3 is 0 Å². The zero-order valence-electron chi connectivity index (χ0n) is 12.4. The number of hydrogen-bond acceptors (Lipinski definition) is 2. The highest BCUT2D eigenvalue weighted by Crippen LogP contribution is 2.20. The molecule has 2 aromatic rings. The topological polar surface area (TPSA) is 29.9 Å². The normalized spacial score (nSPS) is 12.6. The Morgan fingerprint density at radius 2 is 2.19 bits per heavy atom. The average molecular weight is 310 g/mol. The lowest BCUT2D eigenvalue weighted by molar-refractivity contribution is 0.517. The fourth-order valence-corrected chi connectivity index (χ4v) is 2.51. The Balaban J connectivity index is 2.08. The molecule has 0 aliphatic carbocycles. The van der Waals surface area contributed by atoms with Crippen molar-refractivity contribution in [3.05, 3.63) is 52.6 Å². The Kier molecular flexibility index (Phi) is 5.76. The molecule has 0 bridgehead atoms. The van der Waals surface area contributed by atoms with Gasteiger partial charge in [-0.3, -0.25) is 4.68 Å². The average Bonchev–Trinajstić information content (AvgIpc) is 2.91. The summed E-state index contributed by atoms with van der Waals surface area (Å²) in [5, 5.41) is 8.31. The van der Waals surface area contributed by atoms with E-state index in [0.717, 1.165) is 24.9 Å². The van der Waals surface area contributed by atoms with Gasteiger partial charge in [0.05, 0.1) is 12.7 Å². The molecule has 114 valence electrons. The van der Waals surface area contributed by atoms with Crippen LogP contribution < -0.4 is 5.32 Å². The second-order valence-corrected chi connectivity index (χ2v) is 5.53. The standard InChI is InChI=1S/C16H21ClFN3/c1-3-7-19-16(4-2)13-9-20-21(11-13)10-12-5-6-14(18)8-15(12)17/h5-6,8-9,11,16,19H,3-4,7,10H2,1-2H3. The number of aromatic nitrogens is 2. The van der Waals surface area contributed by atoms with Crippen molar-refractivity contribution in [2.24, 2.45) is 0 Å². The molecule has 0 saturated carbocycles. The van der Waals surface area contributed by atoms with Gasteiger partial charge < -0.3 is 5.32 Å². The van der Waals surface area contributed by atoms with Gasteiger partial charge in [0.15, 0.2) is 0 Å². The maximum atomic E-state index is 13.0. The Labute approximate surface area is 130 Å². The quantitative estimate of drug-likeness (QED) is 0.831. The summed E-state index contributed by atoms with van der Waals surface area (Å²) in [6, 6.07) is 4.77. The van der Waals surface area contributed by atoms with E-state index in [9.17, 15) is 4.39 Å². The zero-order valence-corrected chi connectivity index (χ0v) is 13.2. The third-order valence-electron chi connectivity index (χ3n) is 3.45. The first-order valence-electron chi connectivity index (χ1n) is 7.33. The molecule has 0 saturated heterocycles. The molecule has 1 heterocycles. The summed E-state index contributed by atoms with van der Waals surface area (Å²) in [6.45, 7) is 5.85. The van der Waals surface area contributed by atoms with Crippen LogP contribution in [0.25, 0.3) is 0 Å². The summed E-state index contributed by atoms with van der Waals surface area (Å²) < 4.78 is 14.9. The lowest BCUT2D eigenvalue weighted by Crippen LogP contribution is -2.21. The number of halogens is 2. The lowest BCUT2D eigenvalue weighted by atomic mass is 10.1. The van der Waals surface area contributed by atoms with Crippen molar-refractivity contribution >= 4 is 11.6 Å². The minimum Gasteiger partial charge on any atom is -0.310 e. The summed E-state index contributed by atoms with van der Waals surface area (Å²) in [4.78, 5) is 0. The molecule has 21 heavy (non-hydrogen) atoms. The molecular formula is C16H21ClFN3. The molecule has 1 N–H and O–H groups in total. The molecule has 0 radical (unpaired) electrons. The number of benzene rings is 1. The van der Waals surface area contributed by atoms with Gasteiger partial charge in [0.25, 0.3) is 0 Å². The molecule has 1 unspecified atom stereocenters. The van der Waals surface area contributed by atoms with Gasteiger partial charge in [-0.05, 0) is 37.1 Å². The van der Waals surface area contributed by atoms with E-state index < -0.39 is 0 Å². The highest BCUT2D eigenvalue weighted by Gasteiger charge is 2.11. The van der Waals surface area contributed by atoms with Gasteiger partial charge in [-0.25, -0.2) is 4.39 Å². The highest BCUT2D eigenvalue weighted by atomic mass is 35.5. The van der Waals surface area contributed by atoms with E-state index >= 15 is 0 Å². The third-order valence-corrected chi connectivity index (χ3v) is 3.80. The molecule has 0 amide bonds. The van der Waals surface area contributed by atoms with Gasteiger partial charge in [0.1, 0.15) is 5.82 Å². The fraction of sp³-hybridized carbons (Fsp3) is 0.438. The Morgan fingerprint density at radius 1 is 1.38 bits per heavy atom. The summed E-state index contributed by atoms with van der Waals surface area (Å²) in [5.41, 5.74) is 2.03. The van der Waals surface area contributed by atoms with Gasteiger partial charge in [-0.1, -0.05) is 31.5 Å². The monoisotopic (exact) mass is 309 g/mol. The van der Waals surface area contributed by atoms with Crippen LogP contribution in [0.15, 0.2) is 30.6 Å². The van der Waals surface area contributed by atoms with Crippen LogP contribution in [0.3, 0.4) is 0 Å². The molecule has 1 aromatic heterocycles. The number of hydrogen-bond donors (Lipinski definition) is 1. The van der Waals surface area contributed by atoms with Gasteiger partial charge in [-0.15, -0.1) is 0 Å². The Hall–Kier alpha value is -1.39. The third kappa shape index (κ3) is 4.29. The molecule has 0 fully saturated rings. The molecule has 0 aliphatic rings. The fourth-order valence-electron chi connectivity index (χ4n) is 2.29. The van der Waals surface area contributed by atoms with Crippen LogP contribution in [-0.4, -0.2) is 16.3 Å². The molecule has 0 spiro atoms. The van der Waals surface area contributed by atoms with Crippen LogP contribution in [0.1, 0.15) is 43.9 Å². The number of nitrogens with zero attached hydrogens (tertiary/aromatic N) is 2. The number of rotatable bonds is 7. The minimum absolute atomic E-state index is 0.320. The van der Waals surface area contributed by atoms with Crippen molar-refractivity contribution in [1.29, 1.82) is 0 Å². The van der Waals surface area contributed by atoms with Gasteiger partial charge in [-0.2, -0.15) is 5.10 Å². The first-order valence-corrected chi connectivity index (χ1v) is 7.71. The highest BCUT2D eigenvalue weighted by molar-refractivity contribution is 6.31. The molecule has 5 heteroatoms. The van der Waals surface area contributed by atoms with E-state index in [1.807, 2.05) is 17.1 Å². The van der Waals surface area contributed by atoms with Crippen molar-refractivity contribution in [2.45, 2.75) is 39.3 Å². The molecule has 0 aliphatic heterocycles. The summed E-state index contributed by atoms with van der Waals surface area (Å²) in [6.07, 6.45) is 6.03. The lowest BCUT2D eigenvalue weighted by Gasteiger charge is -2.14. The smallest absolute Gasteiger partial charge is 0.124 e. The maximum Gasteiger partial charge on any atom is 0.124 e. The largest absolute Gasteiger partial charge is 0.310 e. The first kappa shape index (κ1) is 16.0.